The highest BCUT2D eigenvalue weighted by molar-refractivity contribution is 5.85. The van der Waals surface area contributed by atoms with E-state index in [2.05, 4.69) is 22.5 Å². The van der Waals surface area contributed by atoms with E-state index in [1.807, 2.05) is 10.8 Å². The van der Waals surface area contributed by atoms with Gasteiger partial charge in [-0.15, -0.1) is 24.8 Å². The van der Waals surface area contributed by atoms with Crippen molar-refractivity contribution in [3.8, 4) is 0 Å². The van der Waals surface area contributed by atoms with Crippen molar-refractivity contribution in [3.05, 3.63) is 18.7 Å². The van der Waals surface area contributed by atoms with Crippen LogP contribution in [0.25, 0.3) is 0 Å². The van der Waals surface area contributed by atoms with Gasteiger partial charge in [0.25, 0.3) is 0 Å². The number of nitrogens with one attached hydrogen (secondary N) is 2. The number of hydrogen-bond acceptors (Lipinski definition) is 3. The van der Waals surface area contributed by atoms with Crippen LogP contribution in [0.3, 0.4) is 0 Å². The molecule has 2 N–H and O–H groups in total. The Kier molecular flexibility index (Phi) is 9.63. The molecule has 0 aliphatic heterocycles. The Balaban J connectivity index is 0.00000180. The lowest BCUT2D eigenvalue weighted by atomic mass is 10.2. The molecule has 5 nitrogen and oxygen atoms in total. The predicted molar refractivity (Wildman–Crippen MR) is 84.5 cm³/mol. The summed E-state index contributed by atoms with van der Waals surface area (Å²) in [6, 6.07) is 0. The zero-order chi connectivity index (χ0) is 12.8. The molecule has 0 radical (unpaired) electrons. The molecule has 1 aliphatic carbocycles. The largest absolute Gasteiger partial charge is 0.355 e. The van der Waals surface area contributed by atoms with E-state index in [0.717, 1.165) is 19.0 Å². The molecule has 1 aromatic heterocycles. The van der Waals surface area contributed by atoms with Gasteiger partial charge in [-0.05, 0) is 31.2 Å². The molecule has 2 rings (SSSR count). The quantitative estimate of drug-likeness (QED) is 0.762. The van der Waals surface area contributed by atoms with Crippen molar-refractivity contribution in [2.24, 2.45) is 11.8 Å². The summed E-state index contributed by atoms with van der Waals surface area (Å²) in [5.74, 6) is 1.32. The first kappa shape index (κ1) is 19.2. The van der Waals surface area contributed by atoms with Gasteiger partial charge in [0.1, 0.15) is 0 Å². The molecule has 0 saturated heterocycles. The molecule has 0 bridgehead atoms. The lowest BCUT2D eigenvalue weighted by Gasteiger charge is -2.13. The highest BCUT2D eigenvalue weighted by Gasteiger charge is 2.20. The molecule has 1 amide bonds. The van der Waals surface area contributed by atoms with E-state index in [4.69, 9.17) is 0 Å². The van der Waals surface area contributed by atoms with Gasteiger partial charge in [0.05, 0.1) is 12.9 Å². The lowest BCUT2D eigenvalue weighted by molar-refractivity contribution is -0.120. The average Bonchev–Trinajstić information content (AvgIpc) is 3.03. The Labute approximate surface area is 132 Å². The first-order valence-corrected chi connectivity index (χ1v) is 6.67. The minimum atomic E-state index is 0. The predicted octanol–water partition coefficient (Wildman–Crippen LogP) is 1.48. The molecular formula is C13H24Cl2N4O. The standard InChI is InChI=1S/C13H22N4O.2ClH/c1-11(9-17-5-4-14-10-17)6-16-13(18)8-15-7-12-2-3-12;;/h4-5,10-12,15H,2-3,6-9H2,1H3,(H,16,18);2*1H. The van der Waals surface area contributed by atoms with Gasteiger partial charge in [-0.25, -0.2) is 4.98 Å². The monoisotopic (exact) mass is 322 g/mol. The van der Waals surface area contributed by atoms with Crippen LogP contribution in [-0.4, -0.2) is 35.1 Å². The van der Waals surface area contributed by atoms with Gasteiger partial charge in [0.2, 0.25) is 5.91 Å². The van der Waals surface area contributed by atoms with Crippen LogP contribution in [0.2, 0.25) is 0 Å². The topological polar surface area (TPSA) is 59.0 Å². The van der Waals surface area contributed by atoms with Crippen molar-refractivity contribution in [1.29, 1.82) is 0 Å². The molecule has 0 aromatic carbocycles. The summed E-state index contributed by atoms with van der Waals surface area (Å²) >= 11 is 0. The second-order valence-corrected chi connectivity index (χ2v) is 5.24. The van der Waals surface area contributed by atoms with Crippen LogP contribution < -0.4 is 10.6 Å². The van der Waals surface area contributed by atoms with E-state index in [1.165, 1.54) is 12.8 Å². The van der Waals surface area contributed by atoms with Gasteiger partial charge in [0.15, 0.2) is 0 Å². The minimum absolute atomic E-state index is 0. The van der Waals surface area contributed by atoms with Crippen molar-refractivity contribution in [3.63, 3.8) is 0 Å². The Bertz CT molecular complexity index is 368. The van der Waals surface area contributed by atoms with Gasteiger partial charge < -0.3 is 15.2 Å². The molecule has 1 heterocycles. The zero-order valence-electron chi connectivity index (χ0n) is 11.7. The summed E-state index contributed by atoms with van der Waals surface area (Å²) in [5, 5.41) is 6.14. The first-order chi connectivity index (χ1) is 8.74. The zero-order valence-corrected chi connectivity index (χ0v) is 13.4. The molecule has 116 valence electrons. The van der Waals surface area contributed by atoms with Crippen LogP contribution in [0.4, 0.5) is 0 Å². The van der Waals surface area contributed by atoms with Crippen molar-refractivity contribution in [2.45, 2.75) is 26.3 Å². The van der Waals surface area contributed by atoms with Crippen molar-refractivity contribution in [1.82, 2.24) is 20.2 Å². The molecule has 1 aliphatic rings. The number of hydrogen-bond donors (Lipinski definition) is 2. The van der Waals surface area contributed by atoms with Gasteiger partial charge in [0, 0.05) is 25.5 Å². The second kappa shape index (κ2) is 10.0. The van der Waals surface area contributed by atoms with Crippen LogP contribution in [0.5, 0.6) is 0 Å². The molecule has 20 heavy (non-hydrogen) atoms. The van der Waals surface area contributed by atoms with Crippen LogP contribution in [0, 0.1) is 11.8 Å². The normalized spacial score (nSPS) is 14.8. The molecule has 7 heteroatoms. The Morgan fingerprint density at radius 1 is 1.45 bits per heavy atom. The summed E-state index contributed by atoms with van der Waals surface area (Å²) in [7, 11) is 0. The molecular weight excluding hydrogens is 299 g/mol. The summed E-state index contributed by atoms with van der Waals surface area (Å²) in [5.41, 5.74) is 0. The van der Waals surface area contributed by atoms with Gasteiger partial charge in [-0.2, -0.15) is 0 Å². The van der Waals surface area contributed by atoms with Crippen LogP contribution >= 0.6 is 24.8 Å². The summed E-state index contributed by atoms with van der Waals surface area (Å²) < 4.78 is 2.03. The molecule has 1 saturated carbocycles. The van der Waals surface area contributed by atoms with Crippen LogP contribution in [0.15, 0.2) is 18.7 Å². The number of rotatable bonds is 8. The summed E-state index contributed by atoms with van der Waals surface area (Å²) in [6.45, 7) is 5.14. The third-order valence-electron chi connectivity index (χ3n) is 3.14. The Morgan fingerprint density at radius 3 is 2.80 bits per heavy atom. The maximum Gasteiger partial charge on any atom is 0.233 e. The third kappa shape index (κ3) is 7.72. The average molecular weight is 323 g/mol. The summed E-state index contributed by atoms with van der Waals surface area (Å²) in [6.07, 6.45) is 8.14. The fourth-order valence-corrected chi connectivity index (χ4v) is 1.88. The number of nitrogens with zero attached hydrogens (tertiary/aromatic N) is 2. The smallest absolute Gasteiger partial charge is 0.233 e. The maximum absolute atomic E-state index is 11.6. The third-order valence-corrected chi connectivity index (χ3v) is 3.14. The number of aromatic nitrogens is 2. The van der Waals surface area contributed by atoms with E-state index in [0.29, 0.717) is 19.0 Å². The van der Waals surface area contributed by atoms with E-state index in [9.17, 15) is 4.79 Å². The molecule has 1 atom stereocenters. The number of amides is 1. The van der Waals surface area contributed by atoms with Gasteiger partial charge in [-0.1, -0.05) is 6.92 Å². The lowest BCUT2D eigenvalue weighted by Crippen LogP contribution is -2.37. The molecule has 1 unspecified atom stereocenters. The highest BCUT2D eigenvalue weighted by Crippen LogP contribution is 2.27. The molecule has 1 fully saturated rings. The van der Waals surface area contributed by atoms with Crippen molar-refractivity contribution >= 4 is 30.7 Å². The van der Waals surface area contributed by atoms with E-state index in [1.54, 1.807) is 12.5 Å². The van der Waals surface area contributed by atoms with Crippen LogP contribution in [0.1, 0.15) is 19.8 Å². The number of carbonyl (C=O) groups excluding carboxylic acids is 1. The molecule has 1 aromatic rings. The van der Waals surface area contributed by atoms with Crippen molar-refractivity contribution < 1.29 is 4.79 Å². The highest BCUT2D eigenvalue weighted by atomic mass is 35.5. The molecule has 0 spiro atoms. The first-order valence-electron chi connectivity index (χ1n) is 6.67. The van der Waals surface area contributed by atoms with Crippen molar-refractivity contribution in [2.75, 3.05) is 19.6 Å². The van der Waals surface area contributed by atoms with Gasteiger partial charge in [-0.3, -0.25) is 4.79 Å². The number of halogens is 2. The maximum atomic E-state index is 11.6. The second-order valence-electron chi connectivity index (χ2n) is 5.24. The summed E-state index contributed by atoms with van der Waals surface area (Å²) in [4.78, 5) is 15.6. The fraction of sp³-hybridized carbons (Fsp3) is 0.692. The van der Waals surface area contributed by atoms with E-state index >= 15 is 0 Å². The number of carbonyl (C=O) groups is 1. The van der Waals surface area contributed by atoms with E-state index < -0.39 is 0 Å². The number of imidazole rings is 1. The van der Waals surface area contributed by atoms with Crippen LogP contribution in [-0.2, 0) is 11.3 Å². The SMILES string of the molecule is CC(CNC(=O)CNCC1CC1)Cn1ccnc1.Cl.Cl. The Hall–Kier alpha value is -0.780. The minimum Gasteiger partial charge on any atom is -0.355 e. The Morgan fingerprint density at radius 2 is 2.20 bits per heavy atom. The fourth-order valence-electron chi connectivity index (χ4n) is 1.88. The van der Waals surface area contributed by atoms with Gasteiger partial charge >= 0.3 is 0 Å². The van der Waals surface area contributed by atoms with E-state index in [-0.39, 0.29) is 30.7 Å².